The van der Waals surface area contributed by atoms with E-state index in [0.717, 1.165) is 5.57 Å². The predicted octanol–water partition coefficient (Wildman–Crippen LogP) is 0.758. The van der Waals surface area contributed by atoms with Gasteiger partial charge >= 0.3 is 0 Å². The number of rotatable bonds is 4. The summed E-state index contributed by atoms with van der Waals surface area (Å²) in [5, 5.41) is 10.6. The molecule has 0 saturated heterocycles. The molecule has 0 aliphatic carbocycles. The Hall–Kier alpha value is -1.56. The van der Waals surface area contributed by atoms with Gasteiger partial charge < -0.3 is 5.32 Å². The van der Waals surface area contributed by atoms with Crippen LogP contribution in [0, 0.1) is 11.3 Å². The van der Waals surface area contributed by atoms with Crippen molar-refractivity contribution in [1.29, 1.82) is 5.26 Å². The molecule has 58 valence electrons. The Morgan fingerprint density at radius 2 is 2.36 bits per heavy atom. The van der Waals surface area contributed by atoms with Crippen LogP contribution in [-0.2, 0) is 4.79 Å². The molecular formula is C8H10N2O. The average molecular weight is 150 g/mol. The molecule has 0 aliphatic rings. The van der Waals surface area contributed by atoms with E-state index in [0.29, 0.717) is 6.54 Å². The zero-order valence-corrected chi connectivity index (χ0v) is 6.26. The topological polar surface area (TPSA) is 52.9 Å². The molecule has 0 aromatic heterocycles. The molecule has 0 unspecified atom stereocenters. The van der Waals surface area contributed by atoms with Crippen molar-refractivity contribution < 1.29 is 4.79 Å². The van der Waals surface area contributed by atoms with Gasteiger partial charge in [0.15, 0.2) is 0 Å². The SMILES string of the molecule is C=CC(=C)CNC(=O)CC#N. The van der Waals surface area contributed by atoms with Crippen molar-refractivity contribution in [2.75, 3.05) is 6.54 Å². The van der Waals surface area contributed by atoms with Gasteiger partial charge in [-0.2, -0.15) is 5.26 Å². The van der Waals surface area contributed by atoms with E-state index >= 15 is 0 Å². The van der Waals surface area contributed by atoms with Crippen LogP contribution in [0.15, 0.2) is 24.8 Å². The number of amides is 1. The molecule has 0 aliphatic heterocycles. The van der Waals surface area contributed by atoms with Crippen molar-refractivity contribution in [2.45, 2.75) is 6.42 Å². The molecule has 1 amide bonds. The maximum Gasteiger partial charge on any atom is 0.234 e. The van der Waals surface area contributed by atoms with Crippen LogP contribution >= 0.6 is 0 Å². The number of nitrogens with one attached hydrogen (secondary N) is 1. The highest BCUT2D eigenvalue weighted by Crippen LogP contribution is 1.86. The minimum atomic E-state index is -0.282. The summed E-state index contributed by atoms with van der Waals surface area (Å²) >= 11 is 0. The molecule has 3 nitrogen and oxygen atoms in total. The predicted molar refractivity (Wildman–Crippen MR) is 42.6 cm³/mol. The van der Waals surface area contributed by atoms with Gasteiger partial charge in [-0.15, -0.1) is 0 Å². The highest BCUT2D eigenvalue weighted by atomic mass is 16.1. The second-order valence-electron chi connectivity index (χ2n) is 1.97. The van der Waals surface area contributed by atoms with E-state index in [1.54, 1.807) is 12.1 Å². The van der Waals surface area contributed by atoms with Gasteiger partial charge in [-0.05, 0) is 5.57 Å². The smallest absolute Gasteiger partial charge is 0.234 e. The molecule has 1 N–H and O–H groups in total. The molecule has 0 heterocycles. The van der Waals surface area contributed by atoms with Gasteiger partial charge in [0.2, 0.25) is 5.91 Å². The monoisotopic (exact) mass is 150 g/mol. The molecule has 3 heteroatoms. The fourth-order valence-electron chi connectivity index (χ4n) is 0.419. The van der Waals surface area contributed by atoms with Crippen molar-refractivity contribution >= 4 is 5.91 Å². The summed E-state index contributed by atoms with van der Waals surface area (Å²) in [5.41, 5.74) is 0.733. The van der Waals surface area contributed by atoms with Crippen molar-refractivity contribution in [3.8, 4) is 6.07 Å². The molecule has 0 atom stereocenters. The number of carbonyl (C=O) groups is 1. The van der Waals surface area contributed by atoms with Crippen molar-refractivity contribution in [3.05, 3.63) is 24.8 Å². The molecule has 0 fully saturated rings. The van der Waals surface area contributed by atoms with Crippen LogP contribution in [0.5, 0.6) is 0 Å². The quantitative estimate of drug-likeness (QED) is 0.601. The van der Waals surface area contributed by atoms with E-state index in [1.165, 1.54) is 0 Å². The first-order valence-electron chi connectivity index (χ1n) is 3.14. The third-order valence-electron chi connectivity index (χ3n) is 1.04. The largest absolute Gasteiger partial charge is 0.351 e. The lowest BCUT2D eigenvalue weighted by Gasteiger charge is -2.00. The van der Waals surface area contributed by atoms with Crippen molar-refractivity contribution in [2.24, 2.45) is 0 Å². The minimum absolute atomic E-state index is 0.107. The normalized spacial score (nSPS) is 7.91. The number of hydrogen-bond donors (Lipinski definition) is 1. The maximum atomic E-state index is 10.7. The Kier molecular flexibility index (Phi) is 4.50. The van der Waals surface area contributed by atoms with Gasteiger partial charge in [0.05, 0.1) is 6.07 Å². The fourth-order valence-corrected chi connectivity index (χ4v) is 0.419. The van der Waals surface area contributed by atoms with E-state index in [-0.39, 0.29) is 12.3 Å². The molecule has 0 radical (unpaired) electrons. The van der Waals surface area contributed by atoms with Gasteiger partial charge in [-0.3, -0.25) is 4.79 Å². The Balaban J connectivity index is 3.55. The Morgan fingerprint density at radius 1 is 1.73 bits per heavy atom. The van der Waals surface area contributed by atoms with Crippen LogP contribution in [-0.4, -0.2) is 12.5 Å². The summed E-state index contributed by atoms with van der Waals surface area (Å²) in [6, 6.07) is 1.74. The molecule has 0 saturated carbocycles. The summed E-state index contributed by atoms with van der Waals surface area (Å²) in [7, 11) is 0. The molecule has 0 aromatic carbocycles. The lowest BCUT2D eigenvalue weighted by molar-refractivity contribution is -0.119. The van der Waals surface area contributed by atoms with Crippen LogP contribution in [0.1, 0.15) is 6.42 Å². The summed E-state index contributed by atoms with van der Waals surface area (Å²) in [4.78, 5) is 10.7. The highest BCUT2D eigenvalue weighted by Gasteiger charge is 1.97. The third kappa shape index (κ3) is 4.91. The average Bonchev–Trinajstić information content (AvgIpc) is 2.01. The van der Waals surface area contributed by atoms with E-state index in [4.69, 9.17) is 5.26 Å². The van der Waals surface area contributed by atoms with Gasteiger partial charge in [0.25, 0.3) is 0 Å². The van der Waals surface area contributed by atoms with Gasteiger partial charge in [-0.1, -0.05) is 19.2 Å². The molecule has 11 heavy (non-hydrogen) atoms. The minimum Gasteiger partial charge on any atom is -0.351 e. The van der Waals surface area contributed by atoms with Crippen molar-refractivity contribution in [3.63, 3.8) is 0 Å². The number of nitrogens with zero attached hydrogens (tertiary/aromatic N) is 1. The third-order valence-corrected chi connectivity index (χ3v) is 1.04. The van der Waals surface area contributed by atoms with E-state index < -0.39 is 0 Å². The Morgan fingerprint density at radius 3 is 2.82 bits per heavy atom. The second kappa shape index (κ2) is 5.24. The standard InChI is InChI=1S/C8H10N2O/c1-3-7(2)6-10-8(11)4-5-9/h3H,1-2,4,6H2,(H,10,11). The number of hydrogen-bond acceptors (Lipinski definition) is 2. The lowest BCUT2D eigenvalue weighted by atomic mass is 10.3. The summed E-state index contributed by atoms with van der Waals surface area (Å²) < 4.78 is 0. The first-order valence-corrected chi connectivity index (χ1v) is 3.14. The Labute approximate surface area is 66.0 Å². The van der Waals surface area contributed by atoms with Crippen LogP contribution in [0.2, 0.25) is 0 Å². The molecule has 0 bridgehead atoms. The lowest BCUT2D eigenvalue weighted by Crippen LogP contribution is -2.24. The van der Waals surface area contributed by atoms with E-state index in [1.807, 2.05) is 0 Å². The zero-order valence-electron chi connectivity index (χ0n) is 6.26. The van der Waals surface area contributed by atoms with Crippen molar-refractivity contribution in [1.82, 2.24) is 5.32 Å². The highest BCUT2D eigenvalue weighted by molar-refractivity contribution is 5.78. The fraction of sp³-hybridized carbons (Fsp3) is 0.250. The zero-order chi connectivity index (χ0) is 8.69. The van der Waals surface area contributed by atoms with Gasteiger partial charge in [-0.25, -0.2) is 0 Å². The van der Waals surface area contributed by atoms with Crippen LogP contribution in [0.25, 0.3) is 0 Å². The summed E-state index contributed by atoms with van der Waals surface area (Å²) in [5.74, 6) is -0.282. The molecule has 0 aromatic rings. The first-order chi connectivity index (χ1) is 5.20. The van der Waals surface area contributed by atoms with Gasteiger partial charge in [0, 0.05) is 6.54 Å². The van der Waals surface area contributed by atoms with Crippen LogP contribution in [0.4, 0.5) is 0 Å². The molecule has 0 spiro atoms. The summed E-state index contributed by atoms with van der Waals surface area (Å²) in [6.07, 6.45) is 1.46. The molecule has 0 rings (SSSR count). The van der Waals surface area contributed by atoms with Crippen LogP contribution < -0.4 is 5.32 Å². The first kappa shape index (κ1) is 9.44. The van der Waals surface area contributed by atoms with Gasteiger partial charge in [0.1, 0.15) is 6.42 Å². The van der Waals surface area contributed by atoms with E-state index in [9.17, 15) is 4.79 Å². The number of carbonyl (C=O) groups excluding carboxylic acids is 1. The summed E-state index contributed by atoms with van der Waals surface area (Å²) in [6.45, 7) is 7.42. The number of nitriles is 1. The second-order valence-corrected chi connectivity index (χ2v) is 1.97. The Bertz CT molecular complexity index is 213. The molecular weight excluding hydrogens is 140 g/mol. The van der Waals surface area contributed by atoms with E-state index in [2.05, 4.69) is 18.5 Å². The maximum absolute atomic E-state index is 10.7. The van der Waals surface area contributed by atoms with Crippen LogP contribution in [0.3, 0.4) is 0 Å².